The van der Waals surface area contributed by atoms with Gasteiger partial charge in [0.25, 0.3) is 0 Å². The standard InChI is InChI=1S/C28H19F5N4O2/c29-22-10-19(28(31,32)33)13-34-24(22)16-38-20-7-8-21(25(11-20)39-15-17-4-2-1-3-5-17)23-14-36-27(37-23)18-6-9-26(30)35-12-18/h1-14H,15-16H2,(H,36,37). The van der Waals surface area contributed by atoms with Crippen LogP contribution in [0.4, 0.5) is 22.0 Å². The second kappa shape index (κ2) is 10.9. The van der Waals surface area contributed by atoms with Gasteiger partial charge in [-0.1, -0.05) is 30.3 Å². The first-order chi connectivity index (χ1) is 18.8. The van der Waals surface area contributed by atoms with Crippen LogP contribution >= 0.6 is 0 Å². The molecule has 0 aliphatic carbocycles. The smallest absolute Gasteiger partial charge is 0.417 e. The Hall–Kier alpha value is -4.80. The lowest BCUT2D eigenvalue weighted by molar-refractivity contribution is -0.138. The van der Waals surface area contributed by atoms with Crippen molar-refractivity contribution in [3.05, 3.63) is 114 Å². The molecule has 0 atom stereocenters. The first-order valence-electron chi connectivity index (χ1n) is 11.6. The molecular formula is C28H19F5N4O2. The number of H-pyrrole nitrogens is 1. The fraction of sp³-hybridized carbons (Fsp3) is 0.107. The first-order valence-corrected chi connectivity index (χ1v) is 11.6. The second-order valence-electron chi connectivity index (χ2n) is 8.39. The van der Waals surface area contributed by atoms with Crippen molar-refractivity contribution in [3.63, 3.8) is 0 Å². The summed E-state index contributed by atoms with van der Waals surface area (Å²) in [5.74, 6) is -0.572. The van der Waals surface area contributed by atoms with E-state index in [1.807, 2.05) is 30.3 Å². The lowest BCUT2D eigenvalue weighted by Gasteiger charge is -2.14. The third-order valence-corrected chi connectivity index (χ3v) is 5.68. The SMILES string of the molecule is Fc1ccc(-c2ncc(-c3ccc(OCc4ncc(C(F)(F)F)cc4F)cc3OCc3ccccc3)[nH]2)cn1. The van der Waals surface area contributed by atoms with Gasteiger partial charge in [-0.15, -0.1) is 0 Å². The highest BCUT2D eigenvalue weighted by Gasteiger charge is 2.32. The Bertz CT molecular complexity index is 1570. The molecule has 39 heavy (non-hydrogen) atoms. The molecule has 0 saturated heterocycles. The van der Waals surface area contributed by atoms with Crippen LogP contribution in [0.3, 0.4) is 0 Å². The van der Waals surface area contributed by atoms with Crippen molar-refractivity contribution in [2.45, 2.75) is 19.4 Å². The monoisotopic (exact) mass is 538 g/mol. The molecule has 0 spiro atoms. The number of halogens is 5. The Kier molecular flexibility index (Phi) is 7.22. The summed E-state index contributed by atoms with van der Waals surface area (Å²) in [5, 5.41) is 0. The highest BCUT2D eigenvalue weighted by atomic mass is 19.4. The number of hydrogen-bond donors (Lipinski definition) is 1. The molecule has 0 radical (unpaired) electrons. The number of ether oxygens (including phenoxy) is 2. The zero-order valence-electron chi connectivity index (χ0n) is 20.0. The van der Waals surface area contributed by atoms with Crippen LogP contribution in [0.1, 0.15) is 16.8 Å². The molecule has 198 valence electrons. The summed E-state index contributed by atoms with van der Waals surface area (Å²) < 4.78 is 77.5. The molecule has 0 saturated carbocycles. The lowest BCUT2D eigenvalue weighted by Crippen LogP contribution is -2.09. The van der Waals surface area contributed by atoms with Crippen molar-refractivity contribution in [2.75, 3.05) is 0 Å². The number of imidazole rings is 1. The second-order valence-corrected chi connectivity index (χ2v) is 8.39. The average molecular weight is 538 g/mol. The third-order valence-electron chi connectivity index (χ3n) is 5.68. The van der Waals surface area contributed by atoms with Gasteiger partial charge >= 0.3 is 6.18 Å². The van der Waals surface area contributed by atoms with Crippen molar-refractivity contribution >= 4 is 0 Å². The number of pyridine rings is 2. The molecule has 0 bridgehead atoms. The van der Waals surface area contributed by atoms with Crippen LogP contribution in [0.2, 0.25) is 0 Å². The molecule has 0 aliphatic rings. The van der Waals surface area contributed by atoms with Crippen LogP contribution in [0.5, 0.6) is 11.5 Å². The third kappa shape index (κ3) is 6.20. The molecule has 0 unspecified atom stereocenters. The number of nitrogens with one attached hydrogen (secondary N) is 1. The van der Waals surface area contributed by atoms with Gasteiger partial charge in [0.15, 0.2) is 0 Å². The molecular weight excluding hydrogens is 519 g/mol. The van der Waals surface area contributed by atoms with Crippen LogP contribution in [-0.2, 0) is 19.4 Å². The quantitative estimate of drug-likeness (QED) is 0.170. The lowest BCUT2D eigenvalue weighted by atomic mass is 10.1. The predicted molar refractivity (Wildman–Crippen MR) is 132 cm³/mol. The zero-order chi connectivity index (χ0) is 27.4. The highest BCUT2D eigenvalue weighted by molar-refractivity contribution is 5.70. The van der Waals surface area contributed by atoms with Crippen molar-refractivity contribution < 1.29 is 31.4 Å². The molecule has 0 aliphatic heterocycles. The largest absolute Gasteiger partial charge is 0.488 e. The summed E-state index contributed by atoms with van der Waals surface area (Å²) in [6.45, 7) is -0.164. The maximum absolute atomic E-state index is 14.2. The van der Waals surface area contributed by atoms with E-state index in [0.29, 0.717) is 40.7 Å². The molecule has 0 fully saturated rings. The van der Waals surface area contributed by atoms with E-state index in [-0.39, 0.29) is 18.1 Å². The van der Waals surface area contributed by atoms with Gasteiger partial charge in [-0.25, -0.2) is 14.4 Å². The summed E-state index contributed by atoms with van der Waals surface area (Å²) >= 11 is 0. The molecule has 2 aromatic carbocycles. The number of benzene rings is 2. The van der Waals surface area contributed by atoms with Crippen LogP contribution in [-0.4, -0.2) is 19.9 Å². The fourth-order valence-corrected chi connectivity index (χ4v) is 3.67. The number of aromatic nitrogens is 4. The minimum absolute atomic E-state index is 0.231. The Morgan fingerprint density at radius 1 is 0.769 bits per heavy atom. The van der Waals surface area contributed by atoms with Crippen molar-refractivity contribution in [1.82, 2.24) is 19.9 Å². The van der Waals surface area contributed by atoms with Crippen LogP contribution in [0, 0.1) is 11.8 Å². The van der Waals surface area contributed by atoms with Gasteiger partial charge in [-0.3, -0.25) is 4.98 Å². The molecule has 3 heterocycles. The number of aromatic amines is 1. The van der Waals surface area contributed by atoms with Gasteiger partial charge in [-0.05, 0) is 35.9 Å². The van der Waals surface area contributed by atoms with Crippen LogP contribution in [0.15, 0.2) is 85.3 Å². The Morgan fingerprint density at radius 3 is 2.31 bits per heavy atom. The topological polar surface area (TPSA) is 72.9 Å². The predicted octanol–water partition coefficient (Wildman–Crippen LogP) is 6.99. The summed E-state index contributed by atoms with van der Waals surface area (Å²) in [4.78, 5) is 14.7. The molecule has 3 aromatic heterocycles. The van der Waals surface area contributed by atoms with E-state index < -0.39 is 30.1 Å². The van der Waals surface area contributed by atoms with Gasteiger partial charge in [0.1, 0.15) is 42.0 Å². The van der Waals surface area contributed by atoms with Gasteiger partial charge in [0.2, 0.25) is 5.95 Å². The number of alkyl halides is 3. The number of nitrogens with zero attached hydrogens (tertiary/aromatic N) is 3. The molecule has 5 aromatic rings. The maximum atomic E-state index is 14.2. The first kappa shape index (κ1) is 25.8. The van der Waals surface area contributed by atoms with E-state index >= 15 is 0 Å². The van der Waals surface area contributed by atoms with Crippen LogP contribution < -0.4 is 9.47 Å². The normalized spacial score (nSPS) is 11.4. The number of hydrogen-bond acceptors (Lipinski definition) is 5. The Morgan fingerprint density at radius 2 is 1.59 bits per heavy atom. The van der Waals surface area contributed by atoms with E-state index in [2.05, 4.69) is 19.9 Å². The molecule has 6 nitrogen and oxygen atoms in total. The molecule has 0 amide bonds. The van der Waals surface area contributed by atoms with Gasteiger partial charge in [-0.2, -0.15) is 17.6 Å². The van der Waals surface area contributed by atoms with Crippen molar-refractivity contribution in [1.29, 1.82) is 0 Å². The molecule has 5 rings (SSSR count). The van der Waals surface area contributed by atoms with E-state index in [9.17, 15) is 22.0 Å². The van der Waals surface area contributed by atoms with E-state index in [0.717, 1.165) is 5.56 Å². The average Bonchev–Trinajstić information content (AvgIpc) is 3.42. The van der Waals surface area contributed by atoms with Crippen molar-refractivity contribution in [3.8, 4) is 34.1 Å². The fourth-order valence-electron chi connectivity index (χ4n) is 3.67. The van der Waals surface area contributed by atoms with Crippen molar-refractivity contribution in [2.24, 2.45) is 0 Å². The molecule has 11 heteroatoms. The Balaban J connectivity index is 1.40. The zero-order valence-corrected chi connectivity index (χ0v) is 20.0. The van der Waals surface area contributed by atoms with Gasteiger partial charge in [0.05, 0.1) is 17.5 Å². The number of rotatable bonds is 8. The summed E-state index contributed by atoms with van der Waals surface area (Å²) in [7, 11) is 0. The summed E-state index contributed by atoms with van der Waals surface area (Å²) in [5.41, 5.74) is 1.27. The van der Waals surface area contributed by atoms with Crippen LogP contribution in [0.25, 0.3) is 22.6 Å². The maximum Gasteiger partial charge on any atom is 0.417 e. The minimum atomic E-state index is -4.70. The van der Waals surface area contributed by atoms with E-state index in [4.69, 9.17) is 9.47 Å². The Labute approximate surface area is 219 Å². The van der Waals surface area contributed by atoms with Gasteiger partial charge < -0.3 is 14.5 Å². The summed E-state index contributed by atoms with van der Waals surface area (Å²) in [6, 6.07) is 17.5. The van der Waals surface area contributed by atoms with E-state index in [1.165, 1.54) is 12.3 Å². The van der Waals surface area contributed by atoms with E-state index in [1.54, 1.807) is 30.5 Å². The molecule has 1 N–H and O–H groups in total. The summed E-state index contributed by atoms with van der Waals surface area (Å²) in [6.07, 6.45) is -1.19. The highest BCUT2D eigenvalue weighted by Crippen LogP contribution is 2.35. The van der Waals surface area contributed by atoms with Gasteiger partial charge in [0, 0.05) is 29.6 Å². The minimum Gasteiger partial charge on any atom is -0.488 e.